The van der Waals surface area contributed by atoms with Crippen molar-refractivity contribution < 1.29 is 9.18 Å². The molecule has 7 heteroatoms. The maximum Gasteiger partial charge on any atom is 0.321 e. The number of amides is 2. The van der Waals surface area contributed by atoms with Gasteiger partial charge in [0, 0.05) is 54.0 Å². The first-order valence-electron chi connectivity index (χ1n) is 7.99. The molecule has 1 heterocycles. The van der Waals surface area contributed by atoms with Gasteiger partial charge in [-0.2, -0.15) is 0 Å². The first-order chi connectivity index (χ1) is 12.0. The Labute approximate surface area is 156 Å². The average Bonchev–Trinajstić information content (AvgIpc) is 2.56. The summed E-state index contributed by atoms with van der Waals surface area (Å²) in [5.74, 6) is -0.194. The lowest BCUT2D eigenvalue weighted by Crippen LogP contribution is -2.49. The van der Waals surface area contributed by atoms with Gasteiger partial charge < -0.3 is 10.2 Å². The third kappa shape index (κ3) is 4.84. The molecular weight excluding hydrogens is 364 g/mol. The molecule has 0 aromatic heterocycles. The number of piperazine rings is 1. The van der Waals surface area contributed by atoms with Gasteiger partial charge in [0.15, 0.2) is 0 Å². The maximum absolute atomic E-state index is 13.7. The molecule has 1 aliphatic rings. The van der Waals surface area contributed by atoms with E-state index in [0.29, 0.717) is 54.0 Å². The summed E-state index contributed by atoms with van der Waals surface area (Å²) in [6.45, 7) is 3.09. The molecule has 1 saturated heterocycles. The molecule has 1 N–H and O–H groups in total. The average molecular weight is 382 g/mol. The lowest BCUT2D eigenvalue weighted by molar-refractivity contribution is 0.142. The van der Waals surface area contributed by atoms with Crippen molar-refractivity contribution in [3.63, 3.8) is 0 Å². The van der Waals surface area contributed by atoms with Crippen LogP contribution >= 0.6 is 23.2 Å². The van der Waals surface area contributed by atoms with Gasteiger partial charge in [-0.25, -0.2) is 9.18 Å². The number of nitrogens with one attached hydrogen (secondary N) is 1. The molecule has 0 saturated carbocycles. The highest BCUT2D eigenvalue weighted by molar-refractivity contribution is 6.35. The van der Waals surface area contributed by atoms with Gasteiger partial charge in [0.1, 0.15) is 5.82 Å². The monoisotopic (exact) mass is 381 g/mol. The topological polar surface area (TPSA) is 35.6 Å². The summed E-state index contributed by atoms with van der Waals surface area (Å²) in [7, 11) is 0. The van der Waals surface area contributed by atoms with E-state index in [0.717, 1.165) is 0 Å². The Balaban J connectivity index is 1.53. The molecule has 0 aliphatic carbocycles. The van der Waals surface area contributed by atoms with Crippen molar-refractivity contribution in [3.8, 4) is 0 Å². The van der Waals surface area contributed by atoms with E-state index < -0.39 is 0 Å². The van der Waals surface area contributed by atoms with E-state index in [4.69, 9.17) is 23.2 Å². The summed E-state index contributed by atoms with van der Waals surface area (Å²) in [4.78, 5) is 16.2. The lowest BCUT2D eigenvalue weighted by Gasteiger charge is -2.34. The zero-order valence-electron chi connectivity index (χ0n) is 13.5. The molecule has 25 heavy (non-hydrogen) atoms. The van der Waals surface area contributed by atoms with Crippen LogP contribution in [0.2, 0.25) is 10.0 Å². The highest BCUT2D eigenvalue weighted by Gasteiger charge is 2.22. The molecule has 2 aromatic rings. The van der Waals surface area contributed by atoms with E-state index in [1.165, 1.54) is 6.07 Å². The Bertz CT molecular complexity index is 743. The Kier molecular flexibility index (Phi) is 5.78. The van der Waals surface area contributed by atoms with Gasteiger partial charge in [-0.15, -0.1) is 0 Å². The van der Waals surface area contributed by atoms with Crippen LogP contribution in [-0.2, 0) is 6.54 Å². The Morgan fingerprint density at radius 3 is 2.32 bits per heavy atom. The zero-order valence-corrected chi connectivity index (χ0v) is 15.0. The molecular formula is C18H18Cl2FN3O. The number of anilines is 1. The minimum Gasteiger partial charge on any atom is -0.322 e. The molecule has 0 spiro atoms. The van der Waals surface area contributed by atoms with Crippen LogP contribution in [-0.4, -0.2) is 42.0 Å². The van der Waals surface area contributed by atoms with E-state index in [1.807, 2.05) is 6.07 Å². The van der Waals surface area contributed by atoms with Crippen LogP contribution in [0.15, 0.2) is 42.5 Å². The van der Waals surface area contributed by atoms with Crippen molar-refractivity contribution in [1.82, 2.24) is 9.80 Å². The molecule has 0 unspecified atom stereocenters. The summed E-state index contributed by atoms with van der Waals surface area (Å²) in [6.07, 6.45) is 0. The van der Waals surface area contributed by atoms with Gasteiger partial charge in [0.25, 0.3) is 0 Å². The molecule has 1 fully saturated rings. The number of nitrogens with zero attached hydrogens (tertiary/aromatic N) is 2. The van der Waals surface area contributed by atoms with Crippen LogP contribution in [0.3, 0.4) is 0 Å². The van der Waals surface area contributed by atoms with E-state index in [1.54, 1.807) is 35.2 Å². The predicted molar refractivity (Wildman–Crippen MR) is 98.7 cm³/mol. The summed E-state index contributed by atoms with van der Waals surface area (Å²) in [6, 6.07) is 11.5. The van der Waals surface area contributed by atoms with E-state index >= 15 is 0 Å². The van der Waals surface area contributed by atoms with Crippen molar-refractivity contribution in [2.75, 3.05) is 31.5 Å². The number of carbonyl (C=O) groups excluding carboxylic acids is 1. The van der Waals surface area contributed by atoms with Gasteiger partial charge >= 0.3 is 6.03 Å². The minimum absolute atomic E-state index is 0.191. The minimum atomic E-state index is -0.194. The van der Waals surface area contributed by atoms with Gasteiger partial charge in [0.05, 0.1) is 0 Å². The zero-order chi connectivity index (χ0) is 17.8. The van der Waals surface area contributed by atoms with Crippen LogP contribution in [0.1, 0.15) is 5.56 Å². The number of hydrogen-bond acceptors (Lipinski definition) is 2. The molecule has 132 valence electrons. The smallest absolute Gasteiger partial charge is 0.321 e. The van der Waals surface area contributed by atoms with Crippen molar-refractivity contribution in [1.29, 1.82) is 0 Å². The summed E-state index contributed by atoms with van der Waals surface area (Å²) < 4.78 is 13.7. The van der Waals surface area contributed by atoms with Gasteiger partial charge in [-0.3, -0.25) is 4.90 Å². The highest BCUT2D eigenvalue weighted by atomic mass is 35.5. The summed E-state index contributed by atoms with van der Waals surface area (Å²) in [5.41, 5.74) is 1.24. The Morgan fingerprint density at radius 1 is 1.04 bits per heavy atom. The third-order valence-corrected chi connectivity index (χ3v) is 4.56. The molecule has 2 aromatic carbocycles. The Morgan fingerprint density at radius 2 is 1.68 bits per heavy atom. The normalized spacial score (nSPS) is 15.2. The molecule has 1 aliphatic heterocycles. The Hall–Kier alpha value is -1.82. The highest BCUT2D eigenvalue weighted by Crippen LogP contribution is 2.23. The first-order valence-corrected chi connectivity index (χ1v) is 8.74. The number of halogens is 3. The van der Waals surface area contributed by atoms with Crippen LogP contribution in [0, 0.1) is 5.82 Å². The number of hydrogen-bond donors (Lipinski definition) is 1. The summed E-state index contributed by atoms with van der Waals surface area (Å²) >= 11 is 11.9. The largest absolute Gasteiger partial charge is 0.322 e. The van der Waals surface area contributed by atoms with Crippen LogP contribution < -0.4 is 5.32 Å². The molecule has 0 radical (unpaired) electrons. The second kappa shape index (κ2) is 8.04. The second-order valence-electron chi connectivity index (χ2n) is 5.94. The molecule has 0 atom stereocenters. The first kappa shape index (κ1) is 18.0. The van der Waals surface area contributed by atoms with Crippen LogP contribution in [0.5, 0.6) is 0 Å². The SMILES string of the molecule is O=C(Nc1cc(Cl)cc(Cl)c1)N1CCN(Cc2ccccc2F)CC1. The number of carbonyl (C=O) groups is 1. The van der Waals surface area contributed by atoms with E-state index in [-0.39, 0.29) is 11.8 Å². The quantitative estimate of drug-likeness (QED) is 0.850. The standard InChI is InChI=1S/C18H18Cl2FN3O/c19-14-9-15(20)11-16(10-14)22-18(25)24-7-5-23(6-8-24)12-13-3-1-2-4-17(13)21/h1-4,9-11H,5-8,12H2,(H,22,25). The number of urea groups is 1. The second-order valence-corrected chi connectivity index (χ2v) is 6.82. The fraction of sp³-hybridized carbons (Fsp3) is 0.278. The van der Waals surface area contributed by atoms with Crippen molar-refractivity contribution in [2.45, 2.75) is 6.54 Å². The van der Waals surface area contributed by atoms with Gasteiger partial charge in [-0.05, 0) is 24.3 Å². The van der Waals surface area contributed by atoms with E-state index in [9.17, 15) is 9.18 Å². The molecule has 3 rings (SSSR count). The van der Waals surface area contributed by atoms with Gasteiger partial charge in [-0.1, -0.05) is 41.4 Å². The number of rotatable bonds is 3. The molecule has 2 amide bonds. The maximum atomic E-state index is 13.7. The van der Waals surface area contributed by atoms with Crippen molar-refractivity contribution in [2.24, 2.45) is 0 Å². The van der Waals surface area contributed by atoms with Crippen LogP contribution in [0.25, 0.3) is 0 Å². The lowest BCUT2D eigenvalue weighted by atomic mass is 10.2. The molecule has 0 bridgehead atoms. The van der Waals surface area contributed by atoms with Crippen molar-refractivity contribution in [3.05, 3.63) is 63.9 Å². The van der Waals surface area contributed by atoms with Crippen LogP contribution in [0.4, 0.5) is 14.9 Å². The fourth-order valence-electron chi connectivity index (χ4n) is 2.81. The van der Waals surface area contributed by atoms with Gasteiger partial charge in [0.2, 0.25) is 0 Å². The molecule has 4 nitrogen and oxygen atoms in total. The number of benzene rings is 2. The predicted octanol–water partition coefficient (Wildman–Crippen LogP) is 4.48. The third-order valence-electron chi connectivity index (χ3n) is 4.13. The fourth-order valence-corrected chi connectivity index (χ4v) is 3.33. The summed E-state index contributed by atoms with van der Waals surface area (Å²) in [5, 5.41) is 3.75. The van der Waals surface area contributed by atoms with Crippen molar-refractivity contribution >= 4 is 34.9 Å². The van der Waals surface area contributed by atoms with E-state index in [2.05, 4.69) is 10.2 Å².